The summed E-state index contributed by atoms with van der Waals surface area (Å²) in [6.45, 7) is 8.97. The van der Waals surface area contributed by atoms with Crippen molar-refractivity contribution in [2.75, 3.05) is 5.88 Å². The lowest BCUT2D eigenvalue weighted by atomic mass is 10.00. The molecule has 2 rings (SSSR count). The van der Waals surface area contributed by atoms with Gasteiger partial charge in [-0.05, 0) is 25.7 Å². The molecule has 0 radical (unpaired) electrons. The minimum absolute atomic E-state index is 0.420. The molecule has 2 aromatic heterocycles. The molecule has 0 bridgehead atoms. The van der Waals surface area contributed by atoms with Crippen LogP contribution in [0.4, 0.5) is 0 Å². The molecule has 2 heterocycles. The molecule has 0 aliphatic carbocycles. The Labute approximate surface area is 132 Å². The summed E-state index contributed by atoms with van der Waals surface area (Å²) in [5.74, 6) is 2.41. The van der Waals surface area contributed by atoms with Crippen LogP contribution in [0.3, 0.4) is 0 Å². The van der Waals surface area contributed by atoms with Crippen LogP contribution < -0.4 is 0 Å². The Morgan fingerprint density at radius 2 is 1.95 bits per heavy atom. The van der Waals surface area contributed by atoms with E-state index in [1.54, 1.807) is 0 Å². The Kier molecular flexibility index (Phi) is 5.31. The lowest BCUT2D eigenvalue weighted by Crippen LogP contribution is -2.15. The summed E-state index contributed by atoms with van der Waals surface area (Å²) in [6.07, 6.45) is 4.08. The molecule has 0 aliphatic rings. The van der Waals surface area contributed by atoms with E-state index in [4.69, 9.17) is 16.6 Å². The Morgan fingerprint density at radius 1 is 1.24 bits per heavy atom. The fourth-order valence-corrected chi connectivity index (χ4v) is 3.23. The summed E-state index contributed by atoms with van der Waals surface area (Å²) in [4.78, 5) is 4.84. The number of rotatable bonds is 7. The van der Waals surface area contributed by atoms with Crippen LogP contribution in [0, 0.1) is 5.92 Å². The van der Waals surface area contributed by atoms with Crippen LogP contribution >= 0.6 is 11.6 Å². The van der Waals surface area contributed by atoms with Crippen LogP contribution in [0.5, 0.6) is 0 Å². The Morgan fingerprint density at radius 3 is 2.52 bits per heavy atom. The number of aromatic nitrogens is 4. The maximum absolute atomic E-state index is 5.98. The van der Waals surface area contributed by atoms with Gasteiger partial charge in [0.1, 0.15) is 11.3 Å². The molecule has 2 unspecified atom stereocenters. The summed E-state index contributed by atoms with van der Waals surface area (Å²) >= 11 is 5.98. The number of imidazole rings is 1. The highest BCUT2D eigenvalue weighted by Crippen LogP contribution is 2.28. The van der Waals surface area contributed by atoms with Gasteiger partial charge in [-0.15, -0.1) is 11.6 Å². The quantitative estimate of drug-likeness (QED) is 0.721. The van der Waals surface area contributed by atoms with Crippen molar-refractivity contribution in [3.63, 3.8) is 0 Å². The van der Waals surface area contributed by atoms with Crippen LogP contribution in [0.1, 0.15) is 58.1 Å². The van der Waals surface area contributed by atoms with Crippen LogP contribution in [-0.4, -0.2) is 25.2 Å². The van der Waals surface area contributed by atoms with Crippen LogP contribution in [0.15, 0.2) is 0 Å². The van der Waals surface area contributed by atoms with Crippen molar-refractivity contribution in [3.05, 3.63) is 11.5 Å². The Bertz CT molecular complexity index is 599. The average Bonchev–Trinajstić information content (AvgIpc) is 2.97. The number of alkyl halides is 1. The molecule has 0 N–H and O–H groups in total. The highest BCUT2D eigenvalue weighted by atomic mass is 35.5. The molecule has 0 saturated carbocycles. The number of hydrogen-bond acceptors (Lipinski definition) is 2. The molecule has 2 aromatic rings. The van der Waals surface area contributed by atoms with Gasteiger partial charge in [0, 0.05) is 25.4 Å². The normalized spacial score (nSPS) is 14.8. The largest absolute Gasteiger partial charge is 0.310 e. The van der Waals surface area contributed by atoms with E-state index in [-0.39, 0.29) is 0 Å². The Hall–Kier alpha value is -1.03. The molecular formula is C16H27ClN4. The minimum Gasteiger partial charge on any atom is -0.310 e. The second-order valence-electron chi connectivity index (χ2n) is 6.03. The van der Waals surface area contributed by atoms with Crippen molar-refractivity contribution < 1.29 is 0 Å². The van der Waals surface area contributed by atoms with Gasteiger partial charge in [-0.1, -0.05) is 27.2 Å². The van der Waals surface area contributed by atoms with Crippen molar-refractivity contribution in [1.29, 1.82) is 0 Å². The standard InChI is InChI=1S/C16H27ClN4/c1-6-11(3)10-12(4)21-14(8-9-17)18-15-13(7-2)19-20(5)16(15)21/h11-12H,6-10H2,1-5H3. The SMILES string of the molecule is CCc1nn(C)c2c1nc(CCCl)n2C(C)CC(C)CC. The molecule has 0 aliphatic heterocycles. The zero-order chi connectivity index (χ0) is 15.6. The van der Waals surface area contributed by atoms with Gasteiger partial charge in [-0.2, -0.15) is 5.10 Å². The first-order valence-corrected chi connectivity index (χ1v) is 8.55. The van der Waals surface area contributed by atoms with E-state index in [9.17, 15) is 0 Å². The van der Waals surface area contributed by atoms with Gasteiger partial charge in [0.15, 0.2) is 5.65 Å². The van der Waals surface area contributed by atoms with Crippen LogP contribution in [0.25, 0.3) is 11.2 Å². The molecule has 4 nitrogen and oxygen atoms in total. The third-order valence-corrected chi connectivity index (χ3v) is 4.53. The van der Waals surface area contributed by atoms with Gasteiger partial charge < -0.3 is 4.57 Å². The molecule has 0 amide bonds. The first-order chi connectivity index (χ1) is 10.0. The summed E-state index contributed by atoms with van der Waals surface area (Å²) in [7, 11) is 2.01. The van der Waals surface area contributed by atoms with E-state index in [2.05, 4.69) is 37.4 Å². The zero-order valence-corrected chi connectivity index (χ0v) is 14.6. The van der Waals surface area contributed by atoms with Gasteiger partial charge in [0.25, 0.3) is 0 Å². The highest BCUT2D eigenvalue weighted by Gasteiger charge is 2.22. The monoisotopic (exact) mass is 310 g/mol. The lowest BCUT2D eigenvalue weighted by molar-refractivity contribution is 0.394. The van der Waals surface area contributed by atoms with Crippen molar-refractivity contribution in [1.82, 2.24) is 19.3 Å². The smallest absolute Gasteiger partial charge is 0.158 e. The van der Waals surface area contributed by atoms with E-state index in [0.717, 1.165) is 41.9 Å². The minimum atomic E-state index is 0.420. The topological polar surface area (TPSA) is 35.6 Å². The maximum atomic E-state index is 5.98. The predicted molar refractivity (Wildman–Crippen MR) is 89.1 cm³/mol. The molecular weight excluding hydrogens is 284 g/mol. The molecule has 118 valence electrons. The fraction of sp³-hybridized carbons (Fsp3) is 0.750. The van der Waals surface area contributed by atoms with Crippen molar-refractivity contribution in [2.45, 2.75) is 59.4 Å². The second-order valence-corrected chi connectivity index (χ2v) is 6.41. The first-order valence-electron chi connectivity index (χ1n) is 8.02. The summed E-state index contributed by atoms with van der Waals surface area (Å²) in [5, 5.41) is 4.61. The van der Waals surface area contributed by atoms with E-state index in [0.29, 0.717) is 17.8 Å². The van der Waals surface area contributed by atoms with Crippen LogP contribution in [-0.2, 0) is 19.9 Å². The van der Waals surface area contributed by atoms with Crippen molar-refractivity contribution in [3.8, 4) is 0 Å². The molecule has 0 fully saturated rings. The van der Waals surface area contributed by atoms with Gasteiger partial charge >= 0.3 is 0 Å². The summed E-state index contributed by atoms with van der Waals surface area (Å²) < 4.78 is 4.34. The Balaban J connectivity index is 2.52. The van der Waals surface area contributed by atoms with Gasteiger partial charge in [-0.3, -0.25) is 4.68 Å². The average molecular weight is 311 g/mol. The first kappa shape index (κ1) is 16.3. The molecule has 5 heteroatoms. The van der Waals surface area contributed by atoms with Gasteiger partial charge in [0.05, 0.1) is 5.69 Å². The predicted octanol–water partition coefficient (Wildman–Crippen LogP) is 4.11. The number of nitrogens with zero attached hydrogens (tertiary/aromatic N) is 4. The summed E-state index contributed by atoms with van der Waals surface area (Å²) in [5.41, 5.74) is 3.27. The lowest BCUT2D eigenvalue weighted by Gasteiger charge is -2.20. The van der Waals surface area contributed by atoms with E-state index in [1.807, 2.05) is 11.7 Å². The fourth-order valence-electron chi connectivity index (χ4n) is 3.06. The molecule has 2 atom stereocenters. The maximum Gasteiger partial charge on any atom is 0.158 e. The summed E-state index contributed by atoms with van der Waals surface area (Å²) in [6, 6.07) is 0.420. The number of halogens is 1. The molecule has 21 heavy (non-hydrogen) atoms. The van der Waals surface area contributed by atoms with E-state index in [1.165, 1.54) is 6.42 Å². The van der Waals surface area contributed by atoms with Gasteiger partial charge in [0.2, 0.25) is 0 Å². The molecule has 0 saturated heterocycles. The third kappa shape index (κ3) is 3.10. The van der Waals surface area contributed by atoms with Crippen molar-refractivity contribution in [2.24, 2.45) is 13.0 Å². The molecule has 0 aromatic carbocycles. The van der Waals surface area contributed by atoms with Crippen LogP contribution in [0.2, 0.25) is 0 Å². The number of hydrogen-bond donors (Lipinski definition) is 0. The zero-order valence-electron chi connectivity index (χ0n) is 13.9. The van der Waals surface area contributed by atoms with Gasteiger partial charge in [-0.25, -0.2) is 4.98 Å². The third-order valence-electron chi connectivity index (χ3n) is 4.34. The number of fused-ring (bicyclic) bond motifs is 1. The van der Waals surface area contributed by atoms with E-state index >= 15 is 0 Å². The van der Waals surface area contributed by atoms with Crippen molar-refractivity contribution >= 4 is 22.8 Å². The number of aryl methyl sites for hydroxylation is 3. The highest BCUT2D eigenvalue weighted by molar-refractivity contribution is 6.17. The van der Waals surface area contributed by atoms with E-state index < -0.39 is 0 Å². The second kappa shape index (κ2) is 6.82. The molecule has 0 spiro atoms.